The molecule has 0 aromatic heterocycles. The Kier molecular flexibility index (Phi) is 12.1. The van der Waals surface area contributed by atoms with Gasteiger partial charge in [-0.1, -0.05) is 34.1 Å². The molecule has 0 aliphatic heterocycles. The lowest BCUT2D eigenvalue weighted by molar-refractivity contribution is -0.253. The molecule has 1 aliphatic carbocycles. The molecule has 4 nitrogen and oxygen atoms in total. The lowest BCUT2D eigenvalue weighted by atomic mass is 9.94. The summed E-state index contributed by atoms with van der Waals surface area (Å²) in [6, 6.07) is 0. The molecule has 1 saturated carbocycles. The molecule has 158 valence electrons. The van der Waals surface area contributed by atoms with Crippen LogP contribution in [0.5, 0.6) is 0 Å². The molecule has 1 aliphatic rings. The van der Waals surface area contributed by atoms with E-state index in [0.29, 0.717) is 38.2 Å². The minimum absolute atomic E-state index is 0.0701. The summed E-state index contributed by atoms with van der Waals surface area (Å²) >= 11 is 0. The average Bonchev–Trinajstić information content (AvgIpc) is 2.63. The maximum atomic E-state index is 12.0. The van der Waals surface area contributed by atoms with Crippen LogP contribution < -0.4 is 0 Å². The zero-order valence-corrected chi connectivity index (χ0v) is 18.2. The van der Waals surface area contributed by atoms with Gasteiger partial charge in [-0.3, -0.25) is 9.59 Å². The second kappa shape index (κ2) is 13.4. The predicted molar refractivity (Wildman–Crippen MR) is 110 cm³/mol. The Hall–Kier alpha value is -0.740. The van der Waals surface area contributed by atoms with Crippen molar-refractivity contribution in [3.05, 3.63) is 0 Å². The molecule has 0 atom stereocenters. The van der Waals surface area contributed by atoms with Crippen LogP contribution in [0.2, 0.25) is 0 Å². The molecule has 0 amide bonds. The van der Waals surface area contributed by atoms with Crippen LogP contribution in [-0.2, 0) is 19.1 Å². The van der Waals surface area contributed by atoms with Crippen molar-refractivity contribution in [2.75, 3.05) is 13.2 Å². The highest BCUT2D eigenvalue weighted by Gasteiger charge is 2.33. The van der Waals surface area contributed by atoms with Gasteiger partial charge in [0.1, 0.15) is 11.6 Å². The third-order valence-corrected chi connectivity index (χ3v) is 5.39. The summed E-state index contributed by atoms with van der Waals surface area (Å²) in [5, 5.41) is 0. The van der Waals surface area contributed by atoms with Crippen molar-refractivity contribution in [1.29, 1.82) is 0 Å². The molecule has 0 aromatic rings. The lowest BCUT2D eigenvalue weighted by Crippen LogP contribution is -2.39. The number of Topliss-reactive ketones (excluding diaryl/α,β-unsaturated/α-hetero) is 2. The van der Waals surface area contributed by atoms with Gasteiger partial charge in [-0.2, -0.15) is 0 Å². The summed E-state index contributed by atoms with van der Waals surface area (Å²) in [4.78, 5) is 23.6. The molecule has 0 radical (unpaired) electrons. The molecular formula is C23H42O4. The van der Waals surface area contributed by atoms with E-state index in [1.807, 2.05) is 13.8 Å². The van der Waals surface area contributed by atoms with Gasteiger partial charge in [0.05, 0.1) is 13.2 Å². The summed E-state index contributed by atoms with van der Waals surface area (Å²) in [6.45, 7) is 9.65. The molecular weight excluding hydrogens is 340 g/mol. The van der Waals surface area contributed by atoms with Crippen molar-refractivity contribution < 1.29 is 19.1 Å². The zero-order chi connectivity index (χ0) is 20.1. The summed E-state index contributed by atoms with van der Waals surface area (Å²) in [7, 11) is 0. The third-order valence-electron chi connectivity index (χ3n) is 5.39. The van der Waals surface area contributed by atoms with E-state index in [1.54, 1.807) is 0 Å². The molecule has 0 unspecified atom stereocenters. The summed E-state index contributed by atoms with van der Waals surface area (Å²) < 4.78 is 12.4. The molecule has 0 bridgehead atoms. The first kappa shape index (κ1) is 24.3. The Balaban J connectivity index is 2.22. The van der Waals surface area contributed by atoms with Crippen LogP contribution >= 0.6 is 0 Å². The first-order valence-electron chi connectivity index (χ1n) is 11.2. The molecule has 0 heterocycles. The number of carbonyl (C=O) groups excluding carboxylic acids is 2. The monoisotopic (exact) mass is 382 g/mol. The molecule has 0 aromatic carbocycles. The number of ketones is 2. The molecule has 0 N–H and O–H groups in total. The normalized spacial score (nSPS) is 16.8. The van der Waals surface area contributed by atoms with Gasteiger partial charge in [-0.15, -0.1) is 0 Å². The number of rotatable bonds is 15. The molecule has 27 heavy (non-hydrogen) atoms. The van der Waals surface area contributed by atoms with Gasteiger partial charge in [0.25, 0.3) is 0 Å². The van der Waals surface area contributed by atoms with Crippen LogP contribution in [0.4, 0.5) is 0 Å². The van der Waals surface area contributed by atoms with Gasteiger partial charge in [0.2, 0.25) is 0 Å². The molecule has 0 spiro atoms. The number of carbonyl (C=O) groups is 2. The highest BCUT2D eigenvalue weighted by Crippen LogP contribution is 2.33. The largest absolute Gasteiger partial charge is 0.350 e. The highest BCUT2D eigenvalue weighted by molar-refractivity contribution is 5.82. The first-order chi connectivity index (χ1) is 12.8. The number of hydrogen-bond donors (Lipinski definition) is 0. The van der Waals surface area contributed by atoms with Crippen LogP contribution in [-0.4, -0.2) is 30.6 Å². The Morgan fingerprint density at radius 2 is 1.41 bits per heavy atom. The fourth-order valence-electron chi connectivity index (χ4n) is 3.57. The third kappa shape index (κ3) is 11.0. The van der Waals surface area contributed by atoms with Gasteiger partial charge in [0.15, 0.2) is 5.79 Å². The summed E-state index contributed by atoms with van der Waals surface area (Å²) in [5.41, 5.74) is 0. The molecule has 0 saturated heterocycles. The van der Waals surface area contributed by atoms with Crippen LogP contribution in [0.15, 0.2) is 0 Å². The van der Waals surface area contributed by atoms with Crippen LogP contribution in [0.25, 0.3) is 0 Å². The van der Waals surface area contributed by atoms with Crippen molar-refractivity contribution in [2.24, 2.45) is 11.8 Å². The van der Waals surface area contributed by atoms with Crippen LogP contribution in [0.1, 0.15) is 105 Å². The van der Waals surface area contributed by atoms with Gasteiger partial charge in [0, 0.05) is 38.0 Å². The Morgan fingerprint density at radius 3 is 2.00 bits per heavy atom. The van der Waals surface area contributed by atoms with Gasteiger partial charge < -0.3 is 9.47 Å². The fraction of sp³-hybridized carbons (Fsp3) is 0.913. The Bertz CT molecular complexity index is 422. The fourth-order valence-corrected chi connectivity index (χ4v) is 3.57. The lowest BCUT2D eigenvalue weighted by Gasteiger charge is -2.37. The van der Waals surface area contributed by atoms with E-state index in [9.17, 15) is 9.59 Å². The van der Waals surface area contributed by atoms with Crippen LogP contribution in [0, 0.1) is 11.8 Å². The maximum absolute atomic E-state index is 12.0. The SMILES string of the molecule is CC(C)CCCOC1(OCCCC(=O)CCCC(=O)C(C)C)CCCCC1. The van der Waals surface area contributed by atoms with Crippen molar-refractivity contribution in [3.63, 3.8) is 0 Å². The summed E-state index contributed by atoms with van der Waals surface area (Å²) in [6.07, 6.45) is 10.8. The number of ether oxygens (including phenoxy) is 2. The molecule has 1 rings (SSSR count). The molecule has 4 heteroatoms. The average molecular weight is 383 g/mol. The highest BCUT2D eigenvalue weighted by atomic mass is 16.7. The van der Waals surface area contributed by atoms with E-state index in [2.05, 4.69) is 13.8 Å². The van der Waals surface area contributed by atoms with E-state index >= 15 is 0 Å². The van der Waals surface area contributed by atoms with Crippen molar-refractivity contribution in [3.8, 4) is 0 Å². The quantitative estimate of drug-likeness (QED) is 0.263. The van der Waals surface area contributed by atoms with Crippen molar-refractivity contribution in [1.82, 2.24) is 0 Å². The zero-order valence-electron chi connectivity index (χ0n) is 18.2. The van der Waals surface area contributed by atoms with Gasteiger partial charge in [-0.25, -0.2) is 0 Å². The standard InChI is InChI=1S/C23H42O4/c1-19(2)11-9-17-26-23(15-6-5-7-16-23)27-18-10-13-21(24)12-8-14-22(25)20(3)4/h19-20H,5-18H2,1-4H3. The summed E-state index contributed by atoms with van der Waals surface area (Å²) in [5.74, 6) is 0.854. The van der Waals surface area contributed by atoms with Crippen molar-refractivity contribution >= 4 is 11.6 Å². The van der Waals surface area contributed by atoms with E-state index in [0.717, 1.165) is 45.1 Å². The number of hydrogen-bond acceptors (Lipinski definition) is 4. The maximum Gasteiger partial charge on any atom is 0.168 e. The smallest absolute Gasteiger partial charge is 0.168 e. The Morgan fingerprint density at radius 1 is 0.815 bits per heavy atom. The predicted octanol–water partition coefficient (Wildman–Crippen LogP) is 5.86. The van der Waals surface area contributed by atoms with Crippen LogP contribution in [0.3, 0.4) is 0 Å². The van der Waals surface area contributed by atoms with E-state index in [1.165, 1.54) is 12.8 Å². The second-order valence-corrected chi connectivity index (χ2v) is 8.82. The Labute approximate surface area is 166 Å². The van der Waals surface area contributed by atoms with Gasteiger partial charge >= 0.3 is 0 Å². The molecule has 1 fully saturated rings. The first-order valence-corrected chi connectivity index (χ1v) is 11.2. The van der Waals surface area contributed by atoms with E-state index in [-0.39, 0.29) is 17.5 Å². The van der Waals surface area contributed by atoms with Gasteiger partial charge in [-0.05, 0) is 44.4 Å². The minimum Gasteiger partial charge on any atom is -0.350 e. The minimum atomic E-state index is -0.415. The van der Waals surface area contributed by atoms with E-state index < -0.39 is 5.79 Å². The topological polar surface area (TPSA) is 52.6 Å². The van der Waals surface area contributed by atoms with Crippen molar-refractivity contribution in [2.45, 2.75) is 111 Å². The second-order valence-electron chi connectivity index (χ2n) is 8.82. The van der Waals surface area contributed by atoms with E-state index in [4.69, 9.17) is 9.47 Å².